The number of nitrogens with zero attached hydrogens (tertiary/aromatic N) is 1. The highest BCUT2D eigenvalue weighted by molar-refractivity contribution is 6.32. The van der Waals surface area contributed by atoms with Crippen LogP contribution in [-0.4, -0.2) is 56.5 Å². The minimum absolute atomic E-state index is 0.186. The van der Waals surface area contributed by atoms with E-state index in [0.29, 0.717) is 63.1 Å². The molecule has 4 rings (SSSR count). The van der Waals surface area contributed by atoms with Crippen LogP contribution in [0.15, 0.2) is 71.0 Å². The van der Waals surface area contributed by atoms with Gasteiger partial charge in [-0.05, 0) is 73.9 Å². The SMILES string of the molecule is CCOc1cc([C@H]2NC(=O)NC(C)=C2C(=O)OC)ccc1OC[C@@H](O)N/N=C/c1cc(Cl)c(OCc2cccc(Cl)c2)c(OCC)c1. The molecule has 1 aliphatic heterocycles. The molecule has 250 valence electrons. The minimum Gasteiger partial charge on any atom is -0.490 e. The molecule has 14 heteroatoms. The van der Waals surface area contributed by atoms with Gasteiger partial charge in [0, 0.05) is 10.7 Å². The fourth-order valence-electron chi connectivity index (χ4n) is 4.67. The summed E-state index contributed by atoms with van der Waals surface area (Å²) < 4.78 is 28.2. The largest absolute Gasteiger partial charge is 0.490 e. The van der Waals surface area contributed by atoms with Crippen LogP contribution < -0.4 is 35.0 Å². The zero-order valence-electron chi connectivity index (χ0n) is 26.3. The van der Waals surface area contributed by atoms with Crippen LogP contribution in [-0.2, 0) is 16.1 Å². The fourth-order valence-corrected chi connectivity index (χ4v) is 5.15. The molecule has 3 aromatic rings. The number of hydrogen-bond donors (Lipinski definition) is 4. The molecular weight excluding hydrogens is 651 g/mol. The van der Waals surface area contributed by atoms with Gasteiger partial charge >= 0.3 is 12.0 Å². The summed E-state index contributed by atoms with van der Waals surface area (Å²) in [5.41, 5.74) is 5.30. The lowest BCUT2D eigenvalue weighted by Gasteiger charge is -2.28. The Hall–Kier alpha value is -4.65. The van der Waals surface area contributed by atoms with Crippen molar-refractivity contribution in [1.29, 1.82) is 0 Å². The quantitative estimate of drug-likeness (QED) is 0.0705. The second-order valence-corrected chi connectivity index (χ2v) is 10.9. The molecule has 0 aliphatic carbocycles. The maximum absolute atomic E-state index is 12.5. The Morgan fingerprint density at radius 3 is 2.51 bits per heavy atom. The number of urea groups is 1. The third kappa shape index (κ3) is 9.44. The smallest absolute Gasteiger partial charge is 0.337 e. The first kappa shape index (κ1) is 35.2. The van der Waals surface area contributed by atoms with Crippen molar-refractivity contribution in [2.45, 2.75) is 39.6 Å². The summed E-state index contributed by atoms with van der Waals surface area (Å²) in [4.78, 5) is 24.6. The Bertz CT molecular complexity index is 1650. The van der Waals surface area contributed by atoms with Crippen molar-refractivity contribution in [3.8, 4) is 23.0 Å². The molecular formula is C33H36Cl2N4O8. The van der Waals surface area contributed by atoms with Gasteiger partial charge in [0.2, 0.25) is 0 Å². The number of aliphatic hydroxyl groups excluding tert-OH is 1. The third-order valence-corrected chi connectivity index (χ3v) is 7.23. The van der Waals surface area contributed by atoms with E-state index >= 15 is 0 Å². The Balaban J connectivity index is 1.40. The van der Waals surface area contributed by atoms with Crippen molar-refractivity contribution >= 4 is 41.4 Å². The number of amides is 2. The van der Waals surface area contributed by atoms with Crippen molar-refractivity contribution in [3.05, 3.63) is 92.6 Å². The average molecular weight is 688 g/mol. The molecule has 0 radical (unpaired) electrons. The number of carbonyl (C=O) groups excluding carboxylic acids is 2. The molecule has 1 aliphatic rings. The number of nitrogens with one attached hydrogen (secondary N) is 3. The Labute approximate surface area is 282 Å². The van der Waals surface area contributed by atoms with Gasteiger partial charge in [-0.2, -0.15) is 5.10 Å². The van der Waals surface area contributed by atoms with E-state index in [1.54, 1.807) is 56.3 Å². The highest BCUT2D eigenvalue weighted by Gasteiger charge is 2.32. The number of aliphatic hydroxyl groups is 1. The fraction of sp³-hybridized carbons (Fsp3) is 0.303. The van der Waals surface area contributed by atoms with Gasteiger partial charge in [0.25, 0.3) is 0 Å². The lowest BCUT2D eigenvalue weighted by molar-refractivity contribution is -0.136. The molecule has 0 aromatic heterocycles. The van der Waals surface area contributed by atoms with E-state index in [1.807, 2.05) is 19.1 Å². The average Bonchev–Trinajstić information content (AvgIpc) is 3.03. The molecule has 12 nitrogen and oxygen atoms in total. The van der Waals surface area contributed by atoms with Crippen LogP contribution in [0.3, 0.4) is 0 Å². The number of hydrazone groups is 1. The van der Waals surface area contributed by atoms with Gasteiger partial charge < -0.3 is 39.4 Å². The number of carbonyl (C=O) groups is 2. The second-order valence-electron chi connectivity index (χ2n) is 10.1. The number of rotatable bonds is 15. The molecule has 47 heavy (non-hydrogen) atoms. The van der Waals surface area contributed by atoms with Gasteiger partial charge in [0.1, 0.15) is 13.2 Å². The number of methoxy groups -OCH3 is 1. The molecule has 3 aromatic carbocycles. The first-order valence-corrected chi connectivity index (χ1v) is 15.4. The second kappa shape index (κ2) is 16.8. The first-order chi connectivity index (χ1) is 22.6. The molecule has 0 bridgehead atoms. The molecule has 0 spiro atoms. The van der Waals surface area contributed by atoms with Crippen LogP contribution in [0.1, 0.15) is 43.5 Å². The van der Waals surface area contributed by atoms with Crippen molar-refractivity contribution in [1.82, 2.24) is 16.1 Å². The minimum atomic E-state index is -1.19. The topological polar surface area (TPSA) is 149 Å². The molecule has 0 saturated carbocycles. The van der Waals surface area contributed by atoms with E-state index < -0.39 is 24.3 Å². The molecule has 0 saturated heterocycles. The Morgan fingerprint density at radius 2 is 1.79 bits per heavy atom. The predicted molar refractivity (Wildman–Crippen MR) is 177 cm³/mol. The van der Waals surface area contributed by atoms with Crippen LogP contribution >= 0.6 is 23.2 Å². The van der Waals surface area contributed by atoms with Gasteiger partial charge in [0.15, 0.2) is 29.2 Å². The molecule has 4 N–H and O–H groups in total. The summed E-state index contributed by atoms with van der Waals surface area (Å²) in [5, 5.41) is 20.9. The van der Waals surface area contributed by atoms with Crippen molar-refractivity contribution in [3.63, 3.8) is 0 Å². The molecule has 0 unspecified atom stereocenters. The zero-order valence-corrected chi connectivity index (χ0v) is 27.8. The standard InChI is InChI=1S/C33H36Cl2N4O8/c1-5-44-26-15-22(30-29(32(41)43-4)19(3)37-33(42)38-30)10-11-25(26)46-18-28(40)39-36-16-21-13-24(35)31(27(14-21)45-6-2)47-17-20-8-7-9-23(34)12-20/h7-16,28,30,39-40H,5-6,17-18H2,1-4H3,(H2,37,38,42)/b36-16+/t28-,30-/m1/s1. The molecule has 2 amide bonds. The number of benzene rings is 3. The van der Waals surface area contributed by atoms with Gasteiger partial charge in [-0.25, -0.2) is 9.59 Å². The van der Waals surface area contributed by atoms with Crippen LogP contribution in [0, 0.1) is 0 Å². The maximum atomic E-state index is 12.5. The van der Waals surface area contributed by atoms with Gasteiger partial charge in [-0.1, -0.05) is 41.4 Å². The summed E-state index contributed by atoms with van der Waals surface area (Å²) in [7, 11) is 1.27. The van der Waals surface area contributed by atoms with Gasteiger partial charge in [-0.3, -0.25) is 5.43 Å². The normalized spacial score (nSPS) is 15.0. The molecule has 1 heterocycles. The van der Waals surface area contributed by atoms with E-state index in [2.05, 4.69) is 21.2 Å². The summed E-state index contributed by atoms with van der Waals surface area (Å²) in [5.74, 6) is 0.933. The number of halogens is 2. The number of esters is 1. The van der Waals surface area contributed by atoms with Crippen molar-refractivity contribution in [2.75, 3.05) is 26.9 Å². The van der Waals surface area contributed by atoms with E-state index in [-0.39, 0.29) is 18.8 Å². The van der Waals surface area contributed by atoms with Crippen LogP contribution in [0.5, 0.6) is 23.0 Å². The van der Waals surface area contributed by atoms with Crippen LogP contribution in [0.4, 0.5) is 4.79 Å². The van der Waals surface area contributed by atoms with Crippen molar-refractivity contribution < 1.29 is 38.4 Å². The van der Waals surface area contributed by atoms with Crippen LogP contribution in [0.2, 0.25) is 10.0 Å². The summed E-state index contributed by atoms with van der Waals surface area (Å²) in [6.07, 6.45) is 0.281. The van der Waals surface area contributed by atoms with Crippen molar-refractivity contribution in [2.24, 2.45) is 5.10 Å². The zero-order chi connectivity index (χ0) is 33.9. The number of hydrogen-bond acceptors (Lipinski definition) is 10. The number of allylic oxidation sites excluding steroid dienone is 1. The Kier molecular flexibility index (Phi) is 12.6. The third-order valence-electron chi connectivity index (χ3n) is 6.71. The maximum Gasteiger partial charge on any atom is 0.337 e. The highest BCUT2D eigenvalue weighted by Crippen LogP contribution is 2.37. The molecule has 2 atom stereocenters. The van der Waals surface area contributed by atoms with Gasteiger partial charge in [-0.15, -0.1) is 0 Å². The molecule has 0 fully saturated rings. The summed E-state index contributed by atoms with van der Waals surface area (Å²) >= 11 is 12.6. The van der Waals surface area contributed by atoms with E-state index in [4.69, 9.17) is 46.9 Å². The highest BCUT2D eigenvalue weighted by atomic mass is 35.5. The summed E-state index contributed by atoms with van der Waals surface area (Å²) in [6, 6.07) is 14.4. The number of ether oxygens (including phenoxy) is 5. The summed E-state index contributed by atoms with van der Waals surface area (Å²) in [6.45, 7) is 6.04. The van der Waals surface area contributed by atoms with E-state index in [1.165, 1.54) is 13.3 Å². The van der Waals surface area contributed by atoms with Gasteiger partial charge in [0.05, 0.1) is 43.2 Å². The van der Waals surface area contributed by atoms with Crippen LogP contribution in [0.25, 0.3) is 0 Å². The van der Waals surface area contributed by atoms with E-state index in [0.717, 1.165) is 5.56 Å². The monoisotopic (exact) mass is 686 g/mol. The predicted octanol–water partition coefficient (Wildman–Crippen LogP) is 5.49. The lowest BCUT2D eigenvalue weighted by atomic mass is 9.95. The van der Waals surface area contributed by atoms with E-state index in [9.17, 15) is 14.7 Å². The Morgan fingerprint density at radius 1 is 1.02 bits per heavy atom. The first-order valence-electron chi connectivity index (χ1n) is 14.7. The lowest BCUT2D eigenvalue weighted by Crippen LogP contribution is -2.45.